The van der Waals surface area contributed by atoms with E-state index < -0.39 is 7.12 Å². The standard InChI is InChI=1S/C28H27BO2/c1-27(2)28(3,4)31-29(30-27)19-26(24-15-13-20-9-5-7-11-22(20)17-24)25-16-14-21-10-6-8-12-23(21)18-25/h5-19H,1-4H3. The Labute approximate surface area is 184 Å². The van der Waals surface area contributed by atoms with E-state index in [2.05, 4.69) is 119 Å². The van der Waals surface area contributed by atoms with E-state index in [1.54, 1.807) is 0 Å². The van der Waals surface area contributed by atoms with Crippen LogP contribution >= 0.6 is 0 Å². The fraction of sp³-hybridized carbons (Fsp3) is 0.214. The van der Waals surface area contributed by atoms with E-state index in [1.807, 2.05) is 0 Å². The van der Waals surface area contributed by atoms with Crippen LogP contribution in [-0.2, 0) is 9.31 Å². The van der Waals surface area contributed by atoms with Gasteiger partial charge in [-0.05, 0) is 84.0 Å². The van der Waals surface area contributed by atoms with E-state index in [0.717, 1.165) is 16.7 Å². The largest absolute Gasteiger partial charge is 0.487 e. The molecule has 0 aliphatic carbocycles. The van der Waals surface area contributed by atoms with Crippen LogP contribution in [0.25, 0.3) is 27.1 Å². The fourth-order valence-electron chi connectivity index (χ4n) is 4.17. The van der Waals surface area contributed by atoms with Crippen molar-refractivity contribution in [2.24, 2.45) is 0 Å². The second-order valence-electron chi connectivity index (χ2n) is 9.33. The minimum atomic E-state index is -0.405. The van der Waals surface area contributed by atoms with Gasteiger partial charge < -0.3 is 9.31 Å². The van der Waals surface area contributed by atoms with Crippen molar-refractivity contribution in [1.29, 1.82) is 0 Å². The molecule has 31 heavy (non-hydrogen) atoms. The molecule has 154 valence electrons. The molecular weight excluding hydrogens is 379 g/mol. The van der Waals surface area contributed by atoms with Gasteiger partial charge in [-0.1, -0.05) is 72.8 Å². The van der Waals surface area contributed by atoms with Crippen LogP contribution in [0.2, 0.25) is 0 Å². The quantitative estimate of drug-likeness (QED) is 0.339. The zero-order valence-electron chi connectivity index (χ0n) is 18.6. The molecule has 1 aliphatic heterocycles. The summed E-state index contributed by atoms with van der Waals surface area (Å²) in [5.74, 6) is 2.13. The number of fused-ring (bicyclic) bond motifs is 2. The van der Waals surface area contributed by atoms with Crippen LogP contribution in [0.4, 0.5) is 0 Å². The van der Waals surface area contributed by atoms with Gasteiger partial charge >= 0.3 is 7.12 Å². The van der Waals surface area contributed by atoms with Crippen molar-refractivity contribution in [3.05, 3.63) is 102 Å². The predicted octanol–water partition coefficient (Wildman–Crippen LogP) is 7.06. The molecule has 4 aromatic rings. The van der Waals surface area contributed by atoms with Crippen molar-refractivity contribution in [3.63, 3.8) is 0 Å². The Morgan fingerprint density at radius 3 is 1.48 bits per heavy atom. The van der Waals surface area contributed by atoms with E-state index in [9.17, 15) is 0 Å². The number of rotatable bonds is 3. The average Bonchev–Trinajstić information content (AvgIpc) is 2.97. The summed E-state index contributed by atoms with van der Waals surface area (Å²) in [6.45, 7) is 8.36. The summed E-state index contributed by atoms with van der Waals surface area (Å²) < 4.78 is 12.6. The second-order valence-corrected chi connectivity index (χ2v) is 9.33. The molecule has 0 atom stereocenters. The maximum Gasteiger partial charge on any atom is 0.487 e. The van der Waals surface area contributed by atoms with E-state index in [-0.39, 0.29) is 11.2 Å². The minimum Gasteiger partial charge on any atom is -0.400 e. The third kappa shape index (κ3) is 3.69. The van der Waals surface area contributed by atoms with Gasteiger partial charge in [-0.2, -0.15) is 0 Å². The molecule has 0 spiro atoms. The highest BCUT2D eigenvalue weighted by atomic mass is 16.7. The Morgan fingerprint density at radius 1 is 0.613 bits per heavy atom. The van der Waals surface area contributed by atoms with Crippen LogP contribution in [0.3, 0.4) is 0 Å². The molecule has 5 rings (SSSR count). The van der Waals surface area contributed by atoms with Crippen LogP contribution in [0.5, 0.6) is 0 Å². The lowest BCUT2D eigenvalue weighted by atomic mass is 9.82. The monoisotopic (exact) mass is 406 g/mol. The molecule has 1 saturated heterocycles. The van der Waals surface area contributed by atoms with Gasteiger partial charge in [0, 0.05) is 0 Å². The third-order valence-electron chi connectivity index (χ3n) is 6.70. The van der Waals surface area contributed by atoms with Gasteiger partial charge in [0.15, 0.2) is 0 Å². The number of benzene rings is 4. The molecule has 0 amide bonds. The molecule has 4 aromatic carbocycles. The van der Waals surface area contributed by atoms with Crippen LogP contribution < -0.4 is 0 Å². The summed E-state index contributed by atoms with van der Waals surface area (Å²) in [6, 6.07) is 30.2. The molecule has 3 heteroatoms. The van der Waals surface area contributed by atoms with Crippen molar-refractivity contribution >= 4 is 34.2 Å². The summed E-state index contributed by atoms with van der Waals surface area (Å²) in [5.41, 5.74) is 2.69. The summed E-state index contributed by atoms with van der Waals surface area (Å²) in [4.78, 5) is 0. The smallest absolute Gasteiger partial charge is 0.400 e. The lowest BCUT2D eigenvalue weighted by Crippen LogP contribution is -2.41. The van der Waals surface area contributed by atoms with E-state index >= 15 is 0 Å². The van der Waals surface area contributed by atoms with Crippen molar-refractivity contribution in [2.45, 2.75) is 38.9 Å². The average molecular weight is 406 g/mol. The first-order valence-electron chi connectivity index (χ1n) is 10.9. The lowest BCUT2D eigenvalue weighted by Gasteiger charge is -2.32. The first kappa shape index (κ1) is 20.1. The highest BCUT2D eigenvalue weighted by Crippen LogP contribution is 2.38. The second kappa shape index (κ2) is 7.37. The van der Waals surface area contributed by atoms with Gasteiger partial charge in [-0.25, -0.2) is 0 Å². The van der Waals surface area contributed by atoms with Crippen LogP contribution in [0.15, 0.2) is 90.9 Å². The van der Waals surface area contributed by atoms with Gasteiger partial charge in [0.25, 0.3) is 0 Å². The van der Waals surface area contributed by atoms with Gasteiger partial charge in [-0.3, -0.25) is 0 Å². The summed E-state index contributed by atoms with van der Waals surface area (Å²) in [5, 5.41) is 4.92. The van der Waals surface area contributed by atoms with Crippen molar-refractivity contribution in [1.82, 2.24) is 0 Å². The molecule has 0 N–H and O–H groups in total. The van der Waals surface area contributed by atoms with E-state index in [1.165, 1.54) is 21.5 Å². The Kier molecular flexibility index (Phi) is 4.77. The SMILES string of the molecule is CC1(C)OB(C=C(c2ccc3ccccc3c2)c2ccc3ccccc3c2)OC1(C)C. The molecule has 1 aliphatic rings. The fourth-order valence-corrected chi connectivity index (χ4v) is 4.17. The summed E-state index contributed by atoms with van der Waals surface area (Å²) in [6.07, 6.45) is 0. The lowest BCUT2D eigenvalue weighted by molar-refractivity contribution is 0.00578. The van der Waals surface area contributed by atoms with Crippen molar-refractivity contribution in [3.8, 4) is 0 Å². The zero-order valence-corrected chi connectivity index (χ0v) is 18.6. The zero-order chi connectivity index (χ0) is 21.6. The maximum absolute atomic E-state index is 6.31. The first-order chi connectivity index (χ1) is 14.8. The normalized spacial score (nSPS) is 17.2. The van der Waals surface area contributed by atoms with E-state index in [0.29, 0.717) is 0 Å². The van der Waals surface area contributed by atoms with Crippen molar-refractivity contribution in [2.75, 3.05) is 0 Å². The van der Waals surface area contributed by atoms with Crippen molar-refractivity contribution < 1.29 is 9.31 Å². The van der Waals surface area contributed by atoms with Gasteiger partial charge in [0.1, 0.15) is 0 Å². The Hall–Kier alpha value is -2.88. The number of hydrogen-bond donors (Lipinski definition) is 0. The van der Waals surface area contributed by atoms with E-state index in [4.69, 9.17) is 9.31 Å². The molecular formula is C28H27BO2. The molecule has 0 aromatic heterocycles. The first-order valence-corrected chi connectivity index (χ1v) is 10.9. The molecule has 2 nitrogen and oxygen atoms in total. The van der Waals surface area contributed by atoms with Gasteiger partial charge in [0.05, 0.1) is 11.2 Å². The highest BCUT2D eigenvalue weighted by Gasteiger charge is 2.50. The van der Waals surface area contributed by atoms with Crippen LogP contribution in [0, 0.1) is 0 Å². The molecule has 1 fully saturated rings. The maximum atomic E-state index is 6.31. The molecule has 0 radical (unpaired) electrons. The molecule has 0 bridgehead atoms. The molecule has 0 unspecified atom stereocenters. The minimum absolute atomic E-state index is 0.369. The predicted molar refractivity (Wildman–Crippen MR) is 131 cm³/mol. The Balaban J connectivity index is 1.66. The third-order valence-corrected chi connectivity index (χ3v) is 6.70. The Bertz CT molecular complexity index is 1210. The summed E-state index contributed by atoms with van der Waals surface area (Å²) >= 11 is 0. The van der Waals surface area contributed by atoms with Crippen LogP contribution in [0.1, 0.15) is 38.8 Å². The van der Waals surface area contributed by atoms with Gasteiger partial charge in [0.2, 0.25) is 0 Å². The number of hydrogen-bond acceptors (Lipinski definition) is 2. The topological polar surface area (TPSA) is 18.5 Å². The summed E-state index contributed by atoms with van der Waals surface area (Å²) in [7, 11) is -0.405. The molecule has 0 saturated carbocycles. The molecule has 1 heterocycles. The Morgan fingerprint density at radius 2 is 1.03 bits per heavy atom. The highest BCUT2D eigenvalue weighted by molar-refractivity contribution is 6.53. The van der Waals surface area contributed by atoms with Crippen LogP contribution in [-0.4, -0.2) is 18.3 Å². The van der Waals surface area contributed by atoms with Gasteiger partial charge in [-0.15, -0.1) is 0 Å².